The number of rotatable bonds is 4. The van der Waals surface area contributed by atoms with Gasteiger partial charge in [0.15, 0.2) is 0 Å². The Morgan fingerprint density at radius 3 is 2.39 bits per heavy atom. The molecule has 2 aliphatic rings. The zero-order valence-corrected chi connectivity index (χ0v) is 18.2. The van der Waals surface area contributed by atoms with E-state index in [-0.39, 0.29) is 17.9 Å². The number of pyridine rings is 1. The normalized spacial score (nSPS) is 19.5. The molecule has 0 radical (unpaired) electrons. The lowest BCUT2D eigenvalue weighted by Crippen LogP contribution is -2.57. The fourth-order valence-electron chi connectivity index (χ4n) is 4.47. The summed E-state index contributed by atoms with van der Waals surface area (Å²) in [5, 5.41) is 3.65. The van der Waals surface area contributed by atoms with Crippen molar-refractivity contribution in [1.82, 2.24) is 20.1 Å². The highest BCUT2D eigenvalue weighted by atomic mass is 16.2. The van der Waals surface area contributed by atoms with Crippen LogP contribution in [0.5, 0.6) is 0 Å². The molecule has 8 nitrogen and oxygen atoms in total. The molecular weight excluding hydrogens is 418 g/mol. The molecule has 1 aromatic heterocycles. The third kappa shape index (κ3) is 4.56. The van der Waals surface area contributed by atoms with Crippen LogP contribution in [-0.2, 0) is 22.6 Å². The minimum Gasteiger partial charge on any atom is -0.340 e. The summed E-state index contributed by atoms with van der Waals surface area (Å²) in [4.78, 5) is 49.0. The van der Waals surface area contributed by atoms with Crippen molar-refractivity contribution in [2.45, 2.75) is 13.0 Å². The minimum atomic E-state index is -0.946. The van der Waals surface area contributed by atoms with Gasteiger partial charge in [-0.05, 0) is 23.6 Å². The van der Waals surface area contributed by atoms with Crippen LogP contribution in [0.25, 0.3) is 10.9 Å². The van der Waals surface area contributed by atoms with Gasteiger partial charge in [0.25, 0.3) is 5.91 Å². The molecule has 1 atom stereocenters. The van der Waals surface area contributed by atoms with E-state index in [1.54, 1.807) is 6.07 Å². The number of para-hydroxylation sites is 1. The summed E-state index contributed by atoms with van der Waals surface area (Å²) in [5.74, 6) is -1.46. The third-order valence-electron chi connectivity index (χ3n) is 6.25. The first-order chi connectivity index (χ1) is 16.1. The van der Waals surface area contributed by atoms with Crippen LogP contribution in [0, 0.1) is 5.92 Å². The second-order valence-electron chi connectivity index (χ2n) is 8.47. The van der Waals surface area contributed by atoms with Crippen molar-refractivity contribution in [3.8, 4) is 0 Å². The van der Waals surface area contributed by atoms with E-state index in [2.05, 4.69) is 32.3 Å². The second kappa shape index (κ2) is 8.99. The van der Waals surface area contributed by atoms with E-state index in [0.29, 0.717) is 30.1 Å². The van der Waals surface area contributed by atoms with Crippen LogP contribution in [0.4, 0.5) is 0 Å². The lowest BCUT2D eigenvalue weighted by molar-refractivity contribution is -0.133. The zero-order chi connectivity index (χ0) is 22.8. The number of nitrogens with one attached hydrogen (secondary N) is 2. The van der Waals surface area contributed by atoms with E-state index < -0.39 is 11.8 Å². The molecule has 3 aromatic rings. The molecule has 1 unspecified atom stereocenters. The molecule has 3 heterocycles. The van der Waals surface area contributed by atoms with E-state index in [1.807, 2.05) is 41.3 Å². The van der Waals surface area contributed by atoms with Gasteiger partial charge in [-0.3, -0.25) is 24.6 Å². The van der Waals surface area contributed by atoms with Gasteiger partial charge in [-0.15, -0.1) is 0 Å². The first kappa shape index (κ1) is 21.1. The molecule has 2 N–H and O–H groups in total. The Bertz CT molecular complexity index is 1280. The minimum absolute atomic E-state index is 0.136. The monoisotopic (exact) mass is 443 g/mol. The van der Waals surface area contributed by atoms with Crippen molar-refractivity contribution in [2.24, 2.45) is 10.9 Å². The number of aromatic amines is 1. The van der Waals surface area contributed by atoms with Crippen LogP contribution in [-0.4, -0.2) is 58.7 Å². The number of carbonyl (C=O) groups is 2. The molecule has 0 bridgehead atoms. The fourth-order valence-corrected chi connectivity index (χ4v) is 4.47. The molecule has 1 saturated heterocycles. The summed E-state index contributed by atoms with van der Waals surface area (Å²) in [6.07, 6.45) is 0.136. The van der Waals surface area contributed by atoms with Crippen LogP contribution < -0.4 is 10.9 Å². The number of piperazine rings is 1. The van der Waals surface area contributed by atoms with Crippen LogP contribution in [0.1, 0.15) is 11.1 Å². The largest absolute Gasteiger partial charge is 0.340 e. The predicted octanol–water partition coefficient (Wildman–Crippen LogP) is 1.52. The highest BCUT2D eigenvalue weighted by Crippen LogP contribution is 2.21. The molecule has 2 aliphatic heterocycles. The second-order valence-corrected chi connectivity index (χ2v) is 8.47. The Balaban J connectivity index is 1.26. The van der Waals surface area contributed by atoms with Crippen molar-refractivity contribution < 1.29 is 9.59 Å². The molecule has 5 rings (SSSR count). The Hall–Kier alpha value is -3.78. The Kier molecular flexibility index (Phi) is 5.75. The SMILES string of the molecule is O=C1N=C(N2CCN(Cc3ccccc3)CC2)NC(=O)C1Cc1cc(=O)[nH]c2ccccc12. The van der Waals surface area contributed by atoms with Gasteiger partial charge in [-0.1, -0.05) is 48.5 Å². The van der Waals surface area contributed by atoms with E-state index >= 15 is 0 Å². The fraction of sp³-hybridized carbons (Fsp3) is 0.280. The van der Waals surface area contributed by atoms with Gasteiger partial charge >= 0.3 is 0 Å². The molecule has 0 aliphatic carbocycles. The first-order valence-electron chi connectivity index (χ1n) is 11.1. The number of benzene rings is 2. The summed E-state index contributed by atoms with van der Waals surface area (Å²) in [7, 11) is 0. The van der Waals surface area contributed by atoms with E-state index in [0.717, 1.165) is 25.0 Å². The van der Waals surface area contributed by atoms with Crippen LogP contribution in [0.3, 0.4) is 0 Å². The van der Waals surface area contributed by atoms with Crippen molar-refractivity contribution in [2.75, 3.05) is 26.2 Å². The Labute approximate surface area is 190 Å². The number of H-pyrrole nitrogens is 1. The molecule has 2 aromatic carbocycles. The average Bonchev–Trinajstić information content (AvgIpc) is 2.82. The topological polar surface area (TPSA) is 97.9 Å². The third-order valence-corrected chi connectivity index (χ3v) is 6.25. The van der Waals surface area contributed by atoms with Gasteiger partial charge in [0.1, 0.15) is 5.92 Å². The number of nitrogens with zero attached hydrogens (tertiary/aromatic N) is 3. The first-order valence-corrected chi connectivity index (χ1v) is 11.1. The summed E-state index contributed by atoms with van der Waals surface area (Å²) < 4.78 is 0. The molecular formula is C25H25N5O3. The molecule has 0 saturated carbocycles. The highest BCUT2D eigenvalue weighted by molar-refractivity contribution is 6.15. The standard InChI is InChI=1S/C25H25N5O3/c31-22-15-18(19-8-4-5-9-21(19)26-22)14-20-23(32)27-25(28-24(20)33)30-12-10-29(11-13-30)16-17-6-2-1-3-7-17/h1-9,15,20H,10-14,16H2,(H,26,31)(H,27,28,32,33). The molecule has 8 heteroatoms. The maximum Gasteiger partial charge on any atom is 0.261 e. The maximum atomic E-state index is 12.9. The van der Waals surface area contributed by atoms with Gasteiger partial charge in [-0.2, -0.15) is 4.99 Å². The summed E-state index contributed by atoms with van der Waals surface area (Å²) in [5.41, 5.74) is 2.35. The van der Waals surface area contributed by atoms with Gasteiger partial charge < -0.3 is 9.88 Å². The number of aliphatic imine (C=N–C) groups is 1. The predicted molar refractivity (Wildman–Crippen MR) is 126 cm³/mol. The number of hydrogen-bond donors (Lipinski definition) is 2. The molecule has 168 valence electrons. The molecule has 1 fully saturated rings. The van der Waals surface area contributed by atoms with Crippen molar-refractivity contribution >= 4 is 28.7 Å². The number of carbonyl (C=O) groups excluding carboxylic acids is 2. The van der Waals surface area contributed by atoms with E-state index in [4.69, 9.17) is 0 Å². The van der Waals surface area contributed by atoms with E-state index in [1.165, 1.54) is 11.6 Å². The molecule has 33 heavy (non-hydrogen) atoms. The smallest absolute Gasteiger partial charge is 0.261 e. The van der Waals surface area contributed by atoms with Gasteiger partial charge in [0.2, 0.25) is 17.4 Å². The maximum absolute atomic E-state index is 12.9. The van der Waals surface area contributed by atoms with Crippen molar-refractivity contribution in [3.05, 3.63) is 82.1 Å². The number of aromatic nitrogens is 1. The lowest BCUT2D eigenvalue weighted by Gasteiger charge is -2.37. The lowest BCUT2D eigenvalue weighted by atomic mass is 9.94. The van der Waals surface area contributed by atoms with Crippen LogP contribution in [0.15, 0.2) is 70.5 Å². The number of hydrogen-bond acceptors (Lipinski definition) is 5. The van der Waals surface area contributed by atoms with Gasteiger partial charge in [0, 0.05) is 49.7 Å². The Morgan fingerprint density at radius 1 is 0.909 bits per heavy atom. The highest BCUT2D eigenvalue weighted by Gasteiger charge is 2.35. The molecule has 0 spiro atoms. The average molecular weight is 444 g/mol. The summed E-state index contributed by atoms with van der Waals surface area (Å²) in [6.45, 7) is 3.88. The van der Waals surface area contributed by atoms with Crippen molar-refractivity contribution in [3.63, 3.8) is 0 Å². The van der Waals surface area contributed by atoms with E-state index in [9.17, 15) is 14.4 Å². The van der Waals surface area contributed by atoms with Gasteiger partial charge in [0.05, 0.1) is 0 Å². The number of guanidine groups is 1. The van der Waals surface area contributed by atoms with Crippen LogP contribution >= 0.6 is 0 Å². The number of amides is 2. The quantitative estimate of drug-likeness (QED) is 0.596. The Morgan fingerprint density at radius 2 is 1.64 bits per heavy atom. The molecule has 2 amide bonds. The van der Waals surface area contributed by atoms with Crippen molar-refractivity contribution in [1.29, 1.82) is 0 Å². The summed E-state index contributed by atoms with van der Waals surface area (Å²) in [6, 6.07) is 19.1. The van der Waals surface area contributed by atoms with Crippen LogP contribution in [0.2, 0.25) is 0 Å². The number of fused-ring (bicyclic) bond motifs is 1. The van der Waals surface area contributed by atoms with Gasteiger partial charge in [-0.25, -0.2) is 0 Å². The summed E-state index contributed by atoms with van der Waals surface area (Å²) >= 11 is 0. The zero-order valence-electron chi connectivity index (χ0n) is 18.2.